The predicted molar refractivity (Wildman–Crippen MR) is 84.9 cm³/mol. The molecular weight excluding hydrogens is 276 g/mol. The number of halogens is 1. The van der Waals surface area contributed by atoms with Crippen molar-refractivity contribution in [3.05, 3.63) is 48.5 Å². The number of nitrogens with two attached hydrogens (primary N) is 1. The molecule has 0 fully saturated rings. The van der Waals surface area contributed by atoms with Crippen LogP contribution in [0.4, 0.5) is 11.4 Å². The average Bonchev–Trinajstić information content (AvgIpc) is 2.38. The minimum absolute atomic E-state index is 0. The lowest BCUT2D eigenvalue weighted by atomic mass is 10.2. The number of hydrogen-bond donors (Lipinski definition) is 1. The molecule has 2 aromatic carbocycles. The van der Waals surface area contributed by atoms with Crippen LogP contribution in [0.15, 0.2) is 58.3 Å². The van der Waals surface area contributed by atoms with Gasteiger partial charge in [-0.05, 0) is 31.2 Å². The van der Waals surface area contributed by atoms with Crippen LogP contribution in [0.1, 0.15) is 6.92 Å². The first kappa shape index (κ1) is 14.3. The van der Waals surface area contributed by atoms with E-state index in [1.165, 1.54) is 21.2 Å². The van der Waals surface area contributed by atoms with Crippen LogP contribution in [-0.4, -0.2) is 12.6 Å². The summed E-state index contributed by atoms with van der Waals surface area (Å²) in [5, 5.41) is 0. The highest BCUT2D eigenvalue weighted by Gasteiger charge is 2.22. The summed E-state index contributed by atoms with van der Waals surface area (Å²) in [6.07, 6.45) is 0. The highest BCUT2D eigenvalue weighted by Crippen LogP contribution is 2.47. The summed E-state index contributed by atoms with van der Waals surface area (Å²) >= 11 is 1.83. The molecule has 4 heteroatoms. The first-order valence-corrected chi connectivity index (χ1v) is 6.96. The quantitative estimate of drug-likeness (QED) is 0.905. The summed E-state index contributed by atoms with van der Waals surface area (Å²) in [6.45, 7) is 2.89. The highest BCUT2D eigenvalue weighted by molar-refractivity contribution is 7.99. The van der Waals surface area contributed by atoms with E-state index in [0.29, 0.717) is 0 Å². The van der Waals surface area contributed by atoms with Crippen molar-refractivity contribution in [2.45, 2.75) is 22.8 Å². The van der Waals surface area contributed by atoms with Crippen molar-refractivity contribution in [1.29, 1.82) is 0 Å². The van der Waals surface area contributed by atoms with Gasteiger partial charge in [-0.3, -0.25) is 0 Å². The Morgan fingerprint density at radius 1 is 1.00 bits per heavy atom. The fourth-order valence-electron chi connectivity index (χ4n) is 2.27. The van der Waals surface area contributed by atoms with Crippen LogP contribution in [-0.2, 0) is 0 Å². The molecule has 0 bridgehead atoms. The van der Waals surface area contributed by atoms with Crippen LogP contribution < -0.4 is 10.6 Å². The first-order valence-electron chi connectivity index (χ1n) is 6.15. The number of para-hydroxylation sites is 2. The number of hydrogen-bond acceptors (Lipinski definition) is 3. The minimum atomic E-state index is 0. The third-order valence-corrected chi connectivity index (χ3v) is 4.13. The van der Waals surface area contributed by atoms with Crippen molar-refractivity contribution < 1.29 is 0 Å². The van der Waals surface area contributed by atoms with Crippen molar-refractivity contribution >= 4 is 35.5 Å². The van der Waals surface area contributed by atoms with Gasteiger partial charge in [0.15, 0.2) is 0 Å². The van der Waals surface area contributed by atoms with E-state index in [4.69, 9.17) is 5.73 Å². The lowest BCUT2D eigenvalue weighted by molar-refractivity contribution is 0.727. The average molecular weight is 293 g/mol. The van der Waals surface area contributed by atoms with Crippen LogP contribution >= 0.6 is 24.2 Å². The van der Waals surface area contributed by atoms with E-state index in [0.717, 1.165) is 6.54 Å². The van der Waals surface area contributed by atoms with Crippen molar-refractivity contribution in [2.75, 3.05) is 11.4 Å². The summed E-state index contributed by atoms with van der Waals surface area (Å²) in [7, 11) is 0. The fraction of sp³-hybridized carbons (Fsp3) is 0.200. The molecule has 2 N–H and O–H groups in total. The van der Waals surface area contributed by atoms with Gasteiger partial charge in [-0.25, -0.2) is 0 Å². The van der Waals surface area contributed by atoms with Gasteiger partial charge in [-0.15, -0.1) is 12.4 Å². The van der Waals surface area contributed by atoms with Crippen LogP contribution in [0, 0.1) is 0 Å². The molecular formula is C15H17ClN2S. The van der Waals surface area contributed by atoms with Gasteiger partial charge in [0.1, 0.15) is 0 Å². The summed E-state index contributed by atoms with van der Waals surface area (Å²) in [5.41, 5.74) is 8.51. The largest absolute Gasteiger partial charge is 0.338 e. The molecule has 0 aromatic heterocycles. The Morgan fingerprint density at radius 3 is 1.95 bits per heavy atom. The van der Waals surface area contributed by atoms with Gasteiger partial charge >= 0.3 is 0 Å². The SMILES string of the molecule is CC(N)CN1c2ccccc2Sc2ccccc21.Cl. The molecule has 1 unspecified atom stereocenters. The Balaban J connectivity index is 0.00000133. The third kappa shape index (κ3) is 2.73. The Kier molecular flexibility index (Phi) is 4.40. The van der Waals surface area contributed by atoms with E-state index in [-0.39, 0.29) is 18.4 Å². The molecule has 0 aliphatic carbocycles. The summed E-state index contributed by atoms with van der Waals surface area (Å²) < 4.78 is 0. The van der Waals surface area contributed by atoms with E-state index in [1.54, 1.807) is 0 Å². The standard InChI is InChI=1S/C15H16N2S.ClH/c1-11(16)10-17-12-6-2-4-8-14(12)18-15-9-5-3-7-13(15)17;/h2-9,11H,10,16H2,1H3;1H. The summed E-state index contributed by atoms with van der Waals surface area (Å²) in [4.78, 5) is 4.93. The topological polar surface area (TPSA) is 29.3 Å². The van der Waals surface area contributed by atoms with Crippen LogP contribution in [0.5, 0.6) is 0 Å². The Labute approximate surface area is 124 Å². The number of fused-ring (bicyclic) bond motifs is 2. The zero-order valence-electron chi connectivity index (χ0n) is 10.7. The van der Waals surface area contributed by atoms with Gasteiger partial charge in [-0.1, -0.05) is 36.0 Å². The van der Waals surface area contributed by atoms with Gasteiger partial charge in [0, 0.05) is 22.4 Å². The van der Waals surface area contributed by atoms with Gasteiger partial charge in [0.05, 0.1) is 11.4 Å². The summed E-state index contributed by atoms with van der Waals surface area (Å²) in [5.74, 6) is 0. The molecule has 0 spiro atoms. The van der Waals surface area contributed by atoms with Crippen molar-refractivity contribution in [2.24, 2.45) is 5.73 Å². The van der Waals surface area contributed by atoms with E-state index in [9.17, 15) is 0 Å². The zero-order chi connectivity index (χ0) is 12.5. The molecule has 1 aliphatic rings. The number of anilines is 2. The molecule has 1 atom stereocenters. The second kappa shape index (κ2) is 5.87. The zero-order valence-corrected chi connectivity index (χ0v) is 12.4. The maximum absolute atomic E-state index is 5.99. The van der Waals surface area contributed by atoms with E-state index < -0.39 is 0 Å². The number of benzene rings is 2. The van der Waals surface area contributed by atoms with Crippen molar-refractivity contribution in [1.82, 2.24) is 0 Å². The van der Waals surface area contributed by atoms with Crippen LogP contribution in [0.2, 0.25) is 0 Å². The molecule has 0 saturated carbocycles. The maximum Gasteiger partial charge on any atom is 0.0553 e. The Morgan fingerprint density at radius 2 is 1.47 bits per heavy atom. The van der Waals surface area contributed by atoms with Gasteiger partial charge in [-0.2, -0.15) is 0 Å². The van der Waals surface area contributed by atoms with E-state index in [1.807, 2.05) is 18.7 Å². The lowest BCUT2D eigenvalue weighted by Crippen LogP contribution is -2.33. The highest BCUT2D eigenvalue weighted by atomic mass is 35.5. The molecule has 19 heavy (non-hydrogen) atoms. The molecule has 100 valence electrons. The summed E-state index contributed by atoms with van der Waals surface area (Å²) in [6, 6.07) is 17.2. The predicted octanol–water partition coefficient (Wildman–Crippen LogP) is 4.06. The van der Waals surface area contributed by atoms with Gasteiger partial charge in [0.2, 0.25) is 0 Å². The lowest BCUT2D eigenvalue weighted by Gasteiger charge is -2.33. The van der Waals surface area contributed by atoms with Gasteiger partial charge < -0.3 is 10.6 Å². The second-order valence-corrected chi connectivity index (χ2v) is 5.71. The monoisotopic (exact) mass is 292 g/mol. The Bertz CT molecular complexity index is 526. The van der Waals surface area contributed by atoms with Crippen molar-refractivity contribution in [3.63, 3.8) is 0 Å². The van der Waals surface area contributed by atoms with Crippen molar-refractivity contribution in [3.8, 4) is 0 Å². The molecule has 2 nitrogen and oxygen atoms in total. The van der Waals surface area contributed by atoms with E-state index in [2.05, 4.69) is 53.4 Å². The number of nitrogens with zero attached hydrogens (tertiary/aromatic N) is 1. The van der Waals surface area contributed by atoms with Crippen LogP contribution in [0.3, 0.4) is 0 Å². The molecule has 3 rings (SSSR count). The van der Waals surface area contributed by atoms with Gasteiger partial charge in [0.25, 0.3) is 0 Å². The Hall–Kier alpha value is -1.16. The molecule has 2 aromatic rings. The first-order chi connectivity index (χ1) is 8.75. The van der Waals surface area contributed by atoms with Crippen LogP contribution in [0.25, 0.3) is 0 Å². The molecule has 0 saturated heterocycles. The maximum atomic E-state index is 5.99. The molecule has 0 amide bonds. The normalized spacial score (nSPS) is 14.1. The smallest absolute Gasteiger partial charge is 0.0553 e. The minimum Gasteiger partial charge on any atom is -0.338 e. The fourth-order valence-corrected chi connectivity index (χ4v) is 3.36. The third-order valence-electron chi connectivity index (χ3n) is 3.00. The molecule has 1 heterocycles. The van der Waals surface area contributed by atoms with E-state index >= 15 is 0 Å². The molecule has 0 radical (unpaired) electrons. The second-order valence-electron chi connectivity index (χ2n) is 4.63. The molecule has 1 aliphatic heterocycles. The number of rotatable bonds is 2.